The summed E-state index contributed by atoms with van der Waals surface area (Å²) in [6, 6.07) is 0. The minimum absolute atomic E-state index is 0.115. The van der Waals surface area contributed by atoms with Crippen molar-refractivity contribution in [3.05, 3.63) is 23.5 Å². The summed E-state index contributed by atoms with van der Waals surface area (Å²) < 4.78 is 0. The topological polar surface area (TPSA) is 82.1 Å². The lowest BCUT2D eigenvalue weighted by Gasteiger charge is -2.14. The minimum Gasteiger partial charge on any atom is -0.481 e. The molecule has 2 atom stereocenters. The molecule has 0 aliphatic carbocycles. The molecule has 0 aromatic carbocycles. The Balaban J connectivity index is 1.95. The van der Waals surface area contributed by atoms with Gasteiger partial charge in [0.1, 0.15) is 0 Å². The Kier molecular flexibility index (Phi) is 5.50. The van der Waals surface area contributed by atoms with Crippen molar-refractivity contribution in [3.63, 3.8) is 0 Å². The van der Waals surface area contributed by atoms with Crippen LogP contribution in [0, 0.1) is 5.92 Å². The Bertz CT molecular complexity index is 484. The molecule has 21 heavy (non-hydrogen) atoms. The van der Waals surface area contributed by atoms with E-state index in [4.69, 9.17) is 5.11 Å². The van der Waals surface area contributed by atoms with Crippen LogP contribution in [0.25, 0.3) is 0 Å². The van der Waals surface area contributed by atoms with Gasteiger partial charge in [0.05, 0.1) is 18.3 Å². The predicted octanol–water partition coefficient (Wildman–Crippen LogP) is 2.04. The Labute approximate surface area is 125 Å². The van der Waals surface area contributed by atoms with E-state index in [1.165, 1.54) is 5.57 Å². The van der Waals surface area contributed by atoms with E-state index in [-0.39, 0.29) is 18.3 Å². The molecule has 2 N–H and O–H groups in total. The third-order valence-electron chi connectivity index (χ3n) is 4.26. The highest BCUT2D eigenvalue weighted by Crippen LogP contribution is 2.33. The van der Waals surface area contributed by atoms with Crippen LogP contribution in [0.1, 0.15) is 44.7 Å². The summed E-state index contributed by atoms with van der Waals surface area (Å²) in [5.41, 5.74) is 2.29. The summed E-state index contributed by atoms with van der Waals surface area (Å²) in [5.74, 6) is -0.461. The third-order valence-corrected chi connectivity index (χ3v) is 4.26. The monoisotopic (exact) mass is 292 g/mol. The van der Waals surface area contributed by atoms with Gasteiger partial charge in [0.25, 0.3) is 0 Å². The molecule has 1 aromatic heterocycles. The predicted molar refractivity (Wildman–Crippen MR) is 80.0 cm³/mol. The van der Waals surface area contributed by atoms with Crippen LogP contribution in [-0.2, 0) is 4.79 Å². The number of nitrogens with zero attached hydrogens (tertiary/aromatic N) is 3. The molecule has 0 unspecified atom stereocenters. The fourth-order valence-electron chi connectivity index (χ4n) is 2.94. The molecule has 2 rings (SSSR count). The van der Waals surface area contributed by atoms with Crippen molar-refractivity contribution in [2.45, 2.75) is 39.0 Å². The molecule has 1 aliphatic heterocycles. The standard InChI is InChI=1S/C15H24N4O2/c1-3-11(2)5-4-6-19-9-12(7-15(20)21)13(10-19)14-8-16-18-17-14/h5,8,12-13H,3-4,6-7,9-10H2,1-2H3,(H,20,21)(H,16,17,18)/b11-5+/t12-,13+/m0/s1. The number of carboxylic acid groups (broad SMARTS) is 1. The van der Waals surface area contributed by atoms with E-state index in [2.05, 4.69) is 40.2 Å². The Hall–Kier alpha value is -1.69. The van der Waals surface area contributed by atoms with Gasteiger partial charge in [-0.05, 0) is 25.7 Å². The number of aromatic nitrogens is 3. The van der Waals surface area contributed by atoms with Gasteiger partial charge in [0, 0.05) is 25.6 Å². The maximum Gasteiger partial charge on any atom is 0.303 e. The first-order chi connectivity index (χ1) is 10.1. The molecule has 1 aromatic rings. The highest BCUT2D eigenvalue weighted by molar-refractivity contribution is 5.67. The Morgan fingerprint density at radius 2 is 2.38 bits per heavy atom. The number of carbonyl (C=O) groups is 1. The van der Waals surface area contributed by atoms with Gasteiger partial charge in [-0.2, -0.15) is 15.4 Å². The number of likely N-dealkylation sites (tertiary alicyclic amines) is 1. The van der Waals surface area contributed by atoms with Crippen molar-refractivity contribution in [2.24, 2.45) is 5.92 Å². The molecule has 2 heterocycles. The van der Waals surface area contributed by atoms with E-state index < -0.39 is 5.97 Å². The summed E-state index contributed by atoms with van der Waals surface area (Å²) in [4.78, 5) is 13.4. The molecule has 0 bridgehead atoms. The van der Waals surface area contributed by atoms with Crippen LogP contribution >= 0.6 is 0 Å². The molecular formula is C15H24N4O2. The third kappa shape index (κ3) is 4.39. The van der Waals surface area contributed by atoms with Crippen molar-refractivity contribution in [2.75, 3.05) is 19.6 Å². The number of allylic oxidation sites excluding steroid dienone is 1. The molecule has 1 fully saturated rings. The molecule has 116 valence electrons. The normalized spacial score (nSPS) is 23.6. The summed E-state index contributed by atoms with van der Waals surface area (Å²) in [5, 5.41) is 19.7. The van der Waals surface area contributed by atoms with E-state index in [0.29, 0.717) is 0 Å². The largest absolute Gasteiger partial charge is 0.481 e. The number of hydrogen-bond donors (Lipinski definition) is 2. The number of aliphatic carboxylic acids is 1. The minimum atomic E-state index is -0.739. The smallest absolute Gasteiger partial charge is 0.303 e. The first-order valence-corrected chi connectivity index (χ1v) is 7.55. The van der Waals surface area contributed by atoms with Gasteiger partial charge in [-0.1, -0.05) is 18.6 Å². The van der Waals surface area contributed by atoms with Crippen molar-refractivity contribution < 1.29 is 9.90 Å². The van der Waals surface area contributed by atoms with E-state index in [9.17, 15) is 4.79 Å². The number of rotatable bonds is 7. The van der Waals surface area contributed by atoms with Crippen molar-refractivity contribution in [3.8, 4) is 0 Å². The fraction of sp³-hybridized carbons (Fsp3) is 0.667. The summed E-state index contributed by atoms with van der Waals surface area (Å²) in [7, 11) is 0. The van der Waals surface area contributed by atoms with E-state index in [1.54, 1.807) is 6.20 Å². The number of hydrogen-bond acceptors (Lipinski definition) is 4. The average molecular weight is 292 g/mol. The molecule has 0 saturated carbocycles. The summed E-state index contributed by atoms with van der Waals surface area (Å²) >= 11 is 0. The van der Waals surface area contributed by atoms with Crippen LogP contribution < -0.4 is 0 Å². The highest BCUT2D eigenvalue weighted by Gasteiger charge is 2.36. The number of aromatic amines is 1. The maximum absolute atomic E-state index is 11.0. The van der Waals surface area contributed by atoms with Gasteiger partial charge in [-0.25, -0.2) is 0 Å². The Morgan fingerprint density at radius 1 is 1.57 bits per heavy atom. The number of carboxylic acids is 1. The zero-order chi connectivity index (χ0) is 15.2. The molecule has 0 spiro atoms. The SMILES string of the molecule is CC/C(C)=C/CCN1C[C@H](CC(=O)O)[C@H](c2cn[nH]n2)C1. The van der Waals surface area contributed by atoms with Crippen molar-refractivity contribution in [1.82, 2.24) is 20.3 Å². The molecule has 1 aliphatic rings. The molecular weight excluding hydrogens is 268 g/mol. The second kappa shape index (κ2) is 7.36. The average Bonchev–Trinajstić information content (AvgIpc) is 3.07. The first kappa shape index (κ1) is 15.7. The van der Waals surface area contributed by atoms with Gasteiger partial charge >= 0.3 is 5.97 Å². The van der Waals surface area contributed by atoms with Crippen LogP contribution in [0.5, 0.6) is 0 Å². The van der Waals surface area contributed by atoms with Crippen LogP contribution in [0.15, 0.2) is 17.8 Å². The van der Waals surface area contributed by atoms with E-state index in [1.807, 2.05) is 0 Å². The number of nitrogens with one attached hydrogen (secondary N) is 1. The van der Waals surface area contributed by atoms with Crippen LogP contribution in [0.3, 0.4) is 0 Å². The lowest BCUT2D eigenvalue weighted by Crippen LogP contribution is -2.22. The van der Waals surface area contributed by atoms with Crippen LogP contribution in [-0.4, -0.2) is 51.0 Å². The quantitative estimate of drug-likeness (QED) is 0.752. The van der Waals surface area contributed by atoms with Crippen LogP contribution in [0.4, 0.5) is 0 Å². The Morgan fingerprint density at radius 3 is 3.00 bits per heavy atom. The molecule has 1 saturated heterocycles. The zero-order valence-electron chi connectivity index (χ0n) is 12.7. The van der Waals surface area contributed by atoms with Gasteiger partial charge in [-0.15, -0.1) is 0 Å². The van der Waals surface area contributed by atoms with Crippen molar-refractivity contribution in [1.29, 1.82) is 0 Å². The molecule has 0 radical (unpaired) electrons. The lowest BCUT2D eigenvalue weighted by atomic mass is 9.91. The molecule has 0 amide bonds. The van der Waals surface area contributed by atoms with Crippen molar-refractivity contribution >= 4 is 5.97 Å². The highest BCUT2D eigenvalue weighted by atomic mass is 16.4. The van der Waals surface area contributed by atoms with E-state index >= 15 is 0 Å². The summed E-state index contributed by atoms with van der Waals surface area (Å²) in [6.07, 6.45) is 6.28. The van der Waals surface area contributed by atoms with Crippen LogP contribution in [0.2, 0.25) is 0 Å². The summed E-state index contributed by atoms with van der Waals surface area (Å²) in [6.45, 7) is 6.97. The van der Waals surface area contributed by atoms with Gasteiger partial charge in [-0.3, -0.25) is 4.79 Å². The number of H-pyrrole nitrogens is 1. The fourth-order valence-corrected chi connectivity index (χ4v) is 2.94. The lowest BCUT2D eigenvalue weighted by molar-refractivity contribution is -0.138. The van der Waals surface area contributed by atoms with E-state index in [0.717, 1.165) is 38.2 Å². The van der Waals surface area contributed by atoms with Gasteiger partial charge in [0.2, 0.25) is 0 Å². The van der Waals surface area contributed by atoms with Gasteiger partial charge in [0.15, 0.2) is 0 Å². The molecule has 6 nitrogen and oxygen atoms in total. The second-order valence-corrected chi connectivity index (χ2v) is 5.81. The zero-order valence-corrected chi connectivity index (χ0v) is 12.7. The second-order valence-electron chi connectivity index (χ2n) is 5.81. The molecule has 6 heteroatoms. The van der Waals surface area contributed by atoms with Gasteiger partial charge < -0.3 is 10.0 Å². The first-order valence-electron chi connectivity index (χ1n) is 7.55. The maximum atomic E-state index is 11.0.